The zero-order chi connectivity index (χ0) is 14.5. The van der Waals surface area contributed by atoms with Crippen LogP contribution < -0.4 is 15.5 Å². The molecule has 4 heteroatoms. The molecule has 2 saturated heterocycles. The van der Waals surface area contributed by atoms with Gasteiger partial charge in [0.1, 0.15) is 0 Å². The number of anilines is 1. The number of carbonyl (C=O) groups excluding carboxylic acids is 1. The van der Waals surface area contributed by atoms with Gasteiger partial charge in [0, 0.05) is 44.3 Å². The van der Waals surface area contributed by atoms with Crippen molar-refractivity contribution in [2.75, 3.05) is 24.5 Å². The fourth-order valence-electron chi connectivity index (χ4n) is 3.20. The number of amides is 1. The second kappa shape index (κ2) is 6.94. The van der Waals surface area contributed by atoms with Crippen molar-refractivity contribution in [3.8, 4) is 0 Å². The van der Waals surface area contributed by atoms with E-state index in [0.29, 0.717) is 12.5 Å². The minimum atomic E-state index is 0.188. The van der Waals surface area contributed by atoms with Gasteiger partial charge in [0.05, 0.1) is 0 Å². The van der Waals surface area contributed by atoms with E-state index in [2.05, 4.69) is 39.8 Å². The Hall–Kier alpha value is -1.55. The van der Waals surface area contributed by atoms with Crippen LogP contribution in [-0.2, 0) is 11.3 Å². The van der Waals surface area contributed by atoms with Crippen molar-refractivity contribution in [1.82, 2.24) is 10.6 Å². The van der Waals surface area contributed by atoms with E-state index in [1.165, 1.54) is 43.6 Å². The number of rotatable bonds is 5. The number of nitrogens with one attached hydrogen (secondary N) is 2. The summed E-state index contributed by atoms with van der Waals surface area (Å²) < 4.78 is 0. The van der Waals surface area contributed by atoms with Crippen LogP contribution in [0.2, 0.25) is 0 Å². The van der Waals surface area contributed by atoms with Gasteiger partial charge in [0.2, 0.25) is 5.91 Å². The maximum absolute atomic E-state index is 11.1. The van der Waals surface area contributed by atoms with E-state index in [4.69, 9.17) is 0 Å². The second-order valence-electron chi connectivity index (χ2n) is 6.15. The van der Waals surface area contributed by atoms with Crippen molar-refractivity contribution in [2.24, 2.45) is 0 Å². The fraction of sp³-hybridized carbons (Fsp3) is 0.588. The minimum Gasteiger partial charge on any atom is -0.372 e. The number of hydrogen-bond acceptors (Lipinski definition) is 3. The van der Waals surface area contributed by atoms with Gasteiger partial charge in [0.25, 0.3) is 0 Å². The zero-order valence-corrected chi connectivity index (χ0v) is 12.6. The smallest absolute Gasteiger partial charge is 0.220 e. The first-order chi connectivity index (χ1) is 10.3. The average Bonchev–Trinajstić information content (AvgIpc) is 2.94. The van der Waals surface area contributed by atoms with Crippen LogP contribution in [0.25, 0.3) is 0 Å². The van der Waals surface area contributed by atoms with E-state index in [1.807, 2.05) is 0 Å². The highest BCUT2D eigenvalue weighted by Crippen LogP contribution is 2.20. The molecule has 0 aromatic heterocycles. The minimum absolute atomic E-state index is 0.188. The highest BCUT2D eigenvalue weighted by molar-refractivity contribution is 5.78. The fourth-order valence-corrected chi connectivity index (χ4v) is 3.20. The van der Waals surface area contributed by atoms with Crippen LogP contribution in [0, 0.1) is 0 Å². The van der Waals surface area contributed by atoms with Gasteiger partial charge in [-0.1, -0.05) is 12.1 Å². The molecule has 1 aromatic rings. The molecule has 2 aliphatic rings. The van der Waals surface area contributed by atoms with E-state index >= 15 is 0 Å². The van der Waals surface area contributed by atoms with Crippen LogP contribution in [0.3, 0.4) is 0 Å². The van der Waals surface area contributed by atoms with E-state index < -0.39 is 0 Å². The lowest BCUT2D eigenvalue weighted by Crippen LogP contribution is -2.35. The molecule has 2 fully saturated rings. The van der Waals surface area contributed by atoms with Gasteiger partial charge in [-0.2, -0.15) is 0 Å². The molecule has 0 aliphatic carbocycles. The summed E-state index contributed by atoms with van der Waals surface area (Å²) >= 11 is 0. The van der Waals surface area contributed by atoms with Crippen LogP contribution >= 0.6 is 0 Å². The summed E-state index contributed by atoms with van der Waals surface area (Å²) in [7, 11) is 0. The first kappa shape index (κ1) is 14.4. The molecule has 0 bridgehead atoms. The van der Waals surface area contributed by atoms with Crippen LogP contribution in [0.15, 0.2) is 24.3 Å². The number of piperidine rings is 1. The molecule has 2 N–H and O–H groups in total. The molecule has 2 heterocycles. The first-order valence-electron chi connectivity index (χ1n) is 8.15. The van der Waals surface area contributed by atoms with Crippen molar-refractivity contribution in [2.45, 2.75) is 44.7 Å². The van der Waals surface area contributed by atoms with Crippen molar-refractivity contribution in [3.63, 3.8) is 0 Å². The Kier molecular flexibility index (Phi) is 4.76. The van der Waals surface area contributed by atoms with Gasteiger partial charge in [-0.05, 0) is 43.4 Å². The molecule has 21 heavy (non-hydrogen) atoms. The molecule has 4 nitrogen and oxygen atoms in total. The molecule has 1 amide bonds. The van der Waals surface area contributed by atoms with Crippen LogP contribution in [0.1, 0.15) is 37.7 Å². The maximum Gasteiger partial charge on any atom is 0.220 e. The molecule has 0 spiro atoms. The molecular weight excluding hydrogens is 262 g/mol. The van der Waals surface area contributed by atoms with E-state index in [-0.39, 0.29) is 5.91 Å². The monoisotopic (exact) mass is 287 g/mol. The topological polar surface area (TPSA) is 44.4 Å². The predicted octanol–water partition coefficient (Wildman–Crippen LogP) is 2.05. The first-order valence-corrected chi connectivity index (χ1v) is 8.15. The Morgan fingerprint density at radius 3 is 2.57 bits per heavy atom. The highest BCUT2D eigenvalue weighted by Gasteiger charge is 2.19. The third kappa shape index (κ3) is 3.97. The molecule has 1 atom stereocenters. The van der Waals surface area contributed by atoms with Crippen molar-refractivity contribution < 1.29 is 4.79 Å². The van der Waals surface area contributed by atoms with Crippen molar-refractivity contribution >= 4 is 11.6 Å². The van der Waals surface area contributed by atoms with Gasteiger partial charge in [0.15, 0.2) is 0 Å². The van der Waals surface area contributed by atoms with Crippen molar-refractivity contribution in [1.29, 1.82) is 0 Å². The molecule has 114 valence electrons. The van der Waals surface area contributed by atoms with Crippen LogP contribution in [0.4, 0.5) is 5.69 Å². The Labute approximate surface area is 126 Å². The third-order valence-corrected chi connectivity index (χ3v) is 4.46. The second-order valence-corrected chi connectivity index (χ2v) is 6.15. The lowest BCUT2D eigenvalue weighted by molar-refractivity contribution is -0.119. The molecule has 3 rings (SSSR count). The lowest BCUT2D eigenvalue weighted by atomic mass is 10.1. The number of carbonyl (C=O) groups is 1. The summed E-state index contributed by atoms with van der Waals surface area (Å²) in [6.45, 7) is 4.12. The molecule has 2 aliphatic heterocycles. The summed E-state index contributed by atoms with van der Waals surface area (Å²) in [5.41, 5.74) is 2.65. The van der Waals surface area contributed by atoms with E-state index in [1.54, 1.807) is 0 Å². The van der Waals surface area contributed by atoms with Gasteiger partial charge in [-0.25, -0.2) is 0 Å². The number of nitrogens with zero attached hydrogens (tertiary/aromatic N) is 1. The lowest BCUT2D eigenvalue weighted by Gasteiger charge is -2.28. The van der Waals surface area contributed by atoms with E-state index in [0.717, 1.165) is 19.5 Å². The van der Waals surface area contributed by atoms with Gasteiger partial charge in [-0.15, -0.1) is 0 Å². The van der Waals surface area contributed by atoms with Gasteiger partial charge in [-0.3, -0.25) is 4.79 Å². The molecule has 0 radical (unpaired) electrons. The standard InChI is InChI=1S/C17H25N3O/c21-17-9-6-15(19-17)13-18-12-14-4-7-16(8-5-14)20-10-2-1-3-11-20/h4-5,7-8,15,18H,1-3,6,9-13H2,(H,19,21). The van der Waals surface area contributed by atoms with E-state index in [9.17, 15) is 4.79 Å². The van der Waals surface area contributed by atoms with Crippen LogP contribution in [0.5, 0.6) is 0 Å². The maximum atomic E-state index is 11.1. The summed E-state index contributed by atoms with van der Waals surface area (Å²) in [5, 5.41) is 6.42. The predicted molar refractivity (Wildman–Crippen MR) is 85.4 cm³/mol. The quantitative estimate of drug-likeness (QED) is 0.871. The molecule has 1 aromatic carbocycles. The highest BCUT2D eigenvalue weighted by atomic mass is 16.1. The average molecular weight is 287 g/mol. The molecular formula is C17H25N3O. The molecule has 0 saturated carbocycles. The summed E-state index contributed by atoms with van der Waals surface area (Å²) in [4.78, 5) is 13.6. The zero-order valence-electron chi connectivity index (χ0n) is 12.6. The molecule has 1 unspecified atom stereocenters. The summed E-state index contributed by atoms with van der Waals surface area (Å²) in [6, 6.07) is 9.21. The Bertz CT molecular complexity index is 465. The number of benzene rings is 1. The van der Waals surface area contributed by atoms with Crippen molar-refractivity contribution in [3.05, 3.63) is 29.8 Å². The summed E-state index contributed by atoms with van der Waals surface area (Å²) in [6.07, 6.45) is 5.64. The number of hydrogen-bond donors (Lipinski definition) is 2. The Balaban J connectivity index is 1.44. The third-order valence-electron chi connectivity index (χ3n) is 4.46. The van der Waals surface area contributed by atoms with Gasteiger partial charge >= 0.3 is 0 Å². The Morgan fingerprint density at radius 2 is 1.90 bits per heavy atom. The normalized spacial score (nSPS) is 22.4. The van der Waals surface area contributed by atoms with Crippen LogP contribution in [-0.4, -0.2) is 31.6 Å². The SMILES string of the molecule is O=C1CCC(CNCc2ccc(N3CCCCC3)cc2)N1. The van der Waals surface area contributed by atoms with Gasteiger partial charge < -0.3 is 15.5 Å². The largest absolute Gasteiger partial charge is 0.372 e. The Morgan fingerprint density at radius 1 is 1.14 bits per heavy atom. The summed E-state index contributed by atoms with van der Waals surface area (Å²) in [5.74, 6) is 0.188.